The Morgan fingerprint density at radius 3 is 2.26 bits per heavy atom. The lowest BCUT2D eigenvalue weighted by Crippen LogP contribution is -2.48. The number of carbonyl (C=O) groups is 1. The molecular formula is C20H22Cl2N4O. The largest absolute Gasteiger partial charge is 0.297 e. The van der Waals surface area contributed by atoms with Crippen LogP contribution in [0.1, 0.15) is 11.1 Å². The molecule has 1 saturated heterocycles. The van der Waals surface area contributed by atoms with E-state index in [1.807, 2.05) is 6.07 Å². The molecule has 0 atom stereocenters. The summed E-state index contributed by atoms with van der Waals surface area (Å²) in [6, 6.07) is 15.7. The molecule has 0 bridgehead atoms. The second-order valence-corrected chi connectivity index (χ2v) is 7.28. The van der Waals surface area contributed by atoms with Crippen molar-refractivity contribution in [3.8, 4) is 0 Å². The average molecular weight is 405 g/mol. The zero-order chi connectivity index (χ0) is 19.1. The van der Waals surface area contributed by atoms with Gasteiger partial charge >= 0.3 is 0 Å². The highest BCUT2D eigenvalue weighted by atomic mass is 35.5. The van der Waals surface area contributed by atoms with Crippen molar-refractivity contribution >= 4 is 35.3 Å². The van der Waals surface area contributed by atoms with Gasteiger partial charge in [-0.3, -0.25) is 14.6 Å². The average Bonchev–Trinajstić information content (AvgIpc) is 2.67. The second kappa shape index (κ2) is 9.85. The lowest BCUT2D eigenvalue weighted by Gasteiger charge is -2.34. The van der Waals surface area contributed by atoms with E-state index in [2.05, 4.69) is 44.6 Å². The molecule has 0 aromatic heterocycles. The maximum absolute atomic E-state index is 12.1. The molecule has 1 N–H and O–H groups in total. The van der Waals surface area contributed by atoms with Crippen LogP contribution in [0.3, 0.4) is 0 Å². The van der Waals surface area contributed by atoms with Crippen molar-refractivity contribution in [3.05, 3.63) is 69.7 Å². The van der Waals surface area contributed by atoms with E-state index >= 15 is 0 Å². The van der Waals surface area contributed by atoms with Crippen molar-refractivity contribution in [1.29, 1.82) is 0 Å². The van der Waals surface area contributed by atoms with E-state index in [0.717, 1.165) is 32.7 Å². The van der Waals surface area contributed by atoms with Crippen LogP contribution < -0.4 is 5.43 Å². The molecule has 1 aliphatic heterocycles. The molecule has 27 heavy (non-hydrogen) atoms. The minimum atomic E-state index is -0.147. The van der Waals surface area contributed by atoms with E-state index in [1.165, 1.54) is 11.8 Å². The van der Waals surface area contributed by atoms with Gasteiger partial charge in [0.15, 0.2) is 0 Å². The molecule has 5 nitrogen and oxygen atoms in total. The van der Waals surface area contributed by atoms with Crippen molar-refractivity contribution in [2.75, 3.05) is 32.7 Å². The third-order valence-electron chi connectivity index (χ3n) is 4.46. The van der Waals surface area contributed by atoms with Gasteiger partial charge in [0.2, 0.25) is 0 Å². The number of piperazine rings is 1. The van der Waals surface area contributed by atoms with E-state index in [4.69, 9.17) is 23.2 Å². The van der Waals surface area contributed by atoms with Gasteiger partial charge in [-0.25, -0.2) is 5.43 Å². The first-order valence-electron chi connectivity index (χ1n) is 8.86. The van der Waals surface area contributed by atoms with Crippen LogP contribution in [-0.4, -0.2) is 54.6 Å². The van der Waals surface area contributed by atoms with Crippen molar-refractivity contribution in [1.82, 2.24) is 15.2 Å². The number of hydrogen-bond acceptors (Lipinski definition) is 4. The summed E-state index contributed by atoms with van der Waals surface area (Å²) >= 11 is 12.1. The molecule has 0 aliphatic carbocycles. The summed E-state index contributed by atoms with van der Waals surface area (Å²) in [5.74, 6) is -0.147. The van der Waals surface area contributed by atoms with Crippen LogP contribution in [0, 0.1) is 0 Å². The van der Waals surface area contributed by atoms with E-state index in [-0.39, 0.29) is 5.91 Å². The van der Waals surface area contributed by atoms with Crippen LogP contribution in [0.4, 0.5) is 0 Å². The zero-order valence-electron chi connectivity index (χ0n) is 14.9. The summed E-state index contributed by atoms with van der Waals surface area (Å²) in [7, 11) is 0. The predicted molar refractivity (Wildman–Crippen MR) is 110 cm³/mol. The smallest absolute Gasteiger partial charge is 0.254 e. The minimum Gasteiger partial charge on any atom is -0.297 e. The lowest BCUT2D eigenvalue weighted by molar-refractivity contribution is -0.122. The minimum absolute atomic E-state index is 0.147. The quantitative estimate of drug-likeness (QED) is 0.593. The highest BCUT2D eigenvalue weighted by Gasteiger charge is 2.18. The Kier molecular flexibility index (Phi) is 7.24. The standard InChI is InChI=1S/C20H22Cl2N4O/c21-18-7-4-8-19(22)17(18)13-23-24-20(27)15-26-11-9-25(10-12-26)14-16-5-2-1-3-6-16/h1-8,13H,9-12,14-15H2,(H,24,27)/b23-13-. The molecule has 1 amide bonds. The first kappa shape index (κ1) is 19.8. The summed E-state index contributed by atoms with van der Waals surface area (Å²) < 4.78 is 0. The zero-order valence-corrected chi connectivity index (χ0v) is 16.5. The van der Waals surface area contributed by atoms with Crippen molar-refractivity contribution < 1.29 is 4.79 Å². The number of amides is 1. The van der Waals surface area contributed by atoms with Gasteiger partial charge in [0.05, 0.1) is 22.8 Å². The van der Waals surface area contributed by atoms with Gasteiger partial charge in [-0.05, 0) is 17.7 Å². The lowest BCUT2D eigenvalue weighted by atomic mass is 10.2. The van der Waals surface area contributed by atoms with Crippen LogP contribution in [0.5, 0.6) is 0 Å². The monoisotopic (exact) mass is 404 g/mol. The molecule has 7 heteroatoms. The first-order valence-corrected chi connectivity index (χ1v) is 9.62. The highest BCUT2D eigenvalue weighted by molar-refractivity contribution is 6.38. The first-order chi connectivity index (χ1) is 13.1. The number of hydrogen-bond donors (Lipinski definition) is 1. The summed E-state index contributed by atoms with van der Waals surface area (Å²) in [4.78, 5) is 16.6. The highest BCUT2D eigenvalue weighted by Crippen LogP contribution is 2.21. The molecule has 142 valence electrons. The van der Waals surface area contributed by atoms with E-state index < -0.39 is 0 Å². The Morgan fingerprint density at radius 1 is 0.963 bits per heavy atom. The number of benzene rings is 2. The van der Waals surface area contributed by atoms with Crippen molar-refractivity contribution in [2.45, 2.75) is 6.54 Å². The summed E-state index contributed by atoms with van der Waals surface area (Å²) in [5, 5.41) is 4.96. The maximum atomic E-state index is 12.1. The number of halogens is 2. The molecule has 1 heterocycles. The van der Waals surface area contributed by atoms with Crippen molar-refractivity contribution in [2.24, 2.45) is 5.10 Å². The molecule has 0 unspecified atom stereocenters. The third kappa shape index (κ3) is 6.04. The number of nitrogens with zero attached hydrogens (tertiary/aromatic N) is 3. The molecule has 1 fully saturated rings. The van der Waals surface area contributed by atoms with Gasteiger partial charge in [-0.2, -0.15) is 5.10 Å². The van der Waals surface area contributed by atoms with Crippen LogP contribution in [0.15, 0.2) is 53.6 Å². The SMILES string of the molecule is O=C(CN1CCN(Cc2ccccc2)CC1)N/N=C\c1c(Cl)cccc1Cl. The van der Waals surface area contributed by atoms with Crippen LogP contribution in [0.25, 0.3) is 0 Å². The Labute approximate surface area is 169 Å². The van der Waals surface area contributed by atoms with Gasteiger partial charge in [-0.1, -0.05) is 59.6 Å². The number of nitrogens with one attached hydrogen (secondary N) is 1. The van der Waals surface area contributed by atoms with Gasteiger partial charge < -0.3 is 0 Å². The normalized spacial score (nSPS) is 15.9. The maximum Gasteiger partial charge on any atom is 0.254 e. The molecule has 2 aromatic rings. The second-order valence-electron chi connectivity index (χ2n) is 6.47. The Balaban J connectivity index is 1.41. The fraction of sp³-hybridized carbons (Fsp3) is 0.300. The predicted octanol–water partition coefficient (Wildman–Crippen LogP) is 3.26. The van der Waals surface area contributed by atoms with Gasteiger partial charge in [0.1, 0.15) is 0 Å². The third-order valence-corrected chi connectivity index (χ3v) is 5.12. The van der Waals surface area contributed by atoms with E-state index in [1.54, 1.807) is 18.2 Å². The number of rotatable bonds is 6. The van der Waals surface area contributed by atoms with Crippen LogP contribution in [-0.2, 0) is 11.3 Å². The summed E-state index contributed by atoms with van der Waals surface area (Å²) in [6.45, 7) is 4.89. The molecule has 0 saturated carbocycles. The van der Waals surface area contributed by atoms with Crippen LogP contribution >= 0.6 is 23.2 Å². The molecule has 1 aliphatic rings. The van der Waals surface area contributed by atoms with Gasteiger partial charge in [-0.15, -0.1) is 0 Å². The summed E-state index contributed by atoms with van der Waals surface area (Å²) in [5.41, 5.74) is 4.45. The molecule has 0 radical (unpaired) electrons. The van der Waals surface area contributed by atoms with Gasteiger partial charge in [0, 0.05) is 38.3 Å². The van der Waals surface area contributed by atoms with Crippen molar-refractivity contribution in [3.63, 3.8) is 0 Å². The number of hydrazone groups is 1. The summed E-state index contributed by atoms with van der Waals surface area (Å²) in [6.07, 6.45) is 1.47. The topological polar surface area (TPSA) is 47.9 Å². The molecule has 3 rings (SSSR count). The fourth-order valence-electron chi connectivity index (χ4n) is 2.99. The van der Waals surface area contributed by atoms with Crippen LogP contribution in [0.2, 0.25) is 10.0 Å². The van der Waals surface area contributed by atoms with E-state index in [0.29, 0.717) is 22.2 Å². The molecule has 0 spiro atoms. The van der Waals surface area contributed by atoms with E-state index in [9.17, 15) is 4.79 Å². The molecular weight excluding hydrogens is 383 g/mol. The Bertz CT molecular complexity index is 770. The molecule has 2 aromatic carbocycles. The number of carbonyl (C=O) groups excluding carboxylic acids is 1. The Morgan fingerprint density at radius 2 is 1.59 bits per heavy atom. The van der Waals surface area contributed by atoms with Gasteiger partial charge in [0.25, 0.3) is 5.91 Å². The fourth-order valence-corrected chi connectivity index (χ4v) is 3.48. The Hall–Kier alpha value is -1.92.